The van der Waals surface area contributed by atoms with Crippen molar-refractivity contribution in [3.63, 3.8) is 0 Å². The van der Waals surface area contributed by atoms with E-state index in [0.717, 1.165) is 24.8 Å². The lowest BCUT2D eigenvalue weighted by Crippen LogP contribution is -2.16. The van der Waals surface area contributed by atoms with Crippen LogP contribution in [0.25, 0.3) is 0 Å². The molecule has 2 aromatic heterocycles. The Kier molecular flexibility index (Phi) is 3.15. The fourth-order valence-corrected chi connectivity index (χ4v) is 3.23. The van der Waals surface area contributed by atoms with E-state index in [-0.39, 0.29) is 12.1 Å². The molecule has 0 saturated carbocycles. The zero-order valence-electron chi connectivity index (χ0n) is 11.5. The smallest absolute Gasteiger partial charge is 0.0807 e. The second-order valence-corrected chi connectivity index (χ2v) is 5.42. The Labute approximate surface area is 113 Å². The fraction of sp³-hybridized carbons (Fsp3) is 0.438. The van der Waals surface area contributed by atoms with Crippen molar-refractivity contribution in [2.24, 2.45) is 0 Å². The zero-order valence-corrected chi connectivity index (χ0v) is 11.5. The summed E-state index contributed by atoms with van der Waals surface area (Å²) in [5.74, 6) is 0. The topological polar surface area (TPSA) is 38.0 Å². The van der Waals surface area contributed by atoms with E-state index in [1.165, 1.54) is 17.0 Å². The summed E-state index contributed by atoms with van der Waals surface area (Å²) in [4.78, 5) is 4.08. The Hall–Kier alpha value is -1.61. The Bertz CT molecular complexity index is 574. The maximum absolute atomic E-state index is 10.1. The number of aromatic nitrogens is 2. The molecule has 2 heterocycles. The van der Waals surface area contributed by atoms with Crippen molar-refractivity contribution in [2.45, 2.75) is 45.3 Å². The zero-order chi connectivity index (χ0) is 13.4. The number of aliphatic hydroxyl groups excluding tert-OH is 1. The Balaban J connectivity index is 2.06. The highest BCUT2D eigenvalue weighted by Gasteiger charge is 2.25. The van der Waals surface area contributed by atoms with Crippen molar-refractivity contribution in [1.29, 1.82) is 0 Å². The summed E-state index contributed by atoms with van der Waals surface area (Å²) in [6.07, 6.45) is 6.42. The highest BCUT2D eigenvalue weighted by atomic mass is 16.3. The van der Waals surface area contributed by atoms with E-state index in [9.17, 15) is 5.11 Å². The third-order valence-corrected chi connectivity index (χ3v) is 4.19. The molecule has 0 fully saturated rings. The molecule has 0 amide bonds. The number of hydrogen-bond donors (Lipinski definition) is 1. The third-order valence-electron chi connectivity index (χ3n) is 4.19. The summed E-state index contributed by atoms with van der Waals surface area (Å²) in [5.41, 5.74) is 4.93. The van der Waals surface area contributed by atoms with Crippen LogP contribution >= 0.6 is 0 Å². The molecule has 2 unspecified atom stereocenters. The molecule has 3 rings (SSSR count). The molecular weight excluding hydrogens is 236 g/mol. The SMILES string of the molecule is Cc1cc2c(n1C(C)c1ccncc1)CCCC2O. The molecule has 2 aromatic rings. The van der Waals surface area contributed by atoms with Crippen molar-refractivity contribution < 1.29 is 5.11 Å². The van der Waals surface area contributed by atoms with E-state index < -0.39 is 0 Å². The quantitative estimate of drug-likeness (QED) is 0.896. The minimum Gasteiger partial charge on any atom is -0.388 e. The van der Waals surface area contributed by atoms with E-state index in [1.54, 1.807) is 0 Å². The highest BCUT2D eigenvalue weighted by molar-refractivity contribution is 5.34. The monoisotopic (exact) mass is 256 g/mol. The maximum Gasteiger partial charge on any atom is 0.0807 e. The maximum atomic E-state index is 10.1. The van der Waals surface area contributed by atoms with E-state index in [2.05, 4.69) is 41.6 Å². The first-order valence-corrected chi connectivity index (χ1v) is 6.97. The van der Waals surface area contributed by atoms with E-state index >= 15 is 0 Å². The summed E-state index contributed by atoms with van der Waals surface area (Å²) >= 11 is 0. The predicted octanol–water partition coefficient (Wildman–Crippen LogP) is 3.17. The Morgan fingerprint density at radius 2 is 2.11 bits per heavy atom. The van der Waals surface area contributed by atoms with Gasteiger partial charge in [-0.15, -0.1) is 0 Å². The van der Waals surface area contributed by atoms with Gasteiger partial charge in [-0.25, -0.2) is 0 Å². The minimum atomic E-state index is -0.284. The van der Waals surface area contributed by atoms with Gasteiger partial charge in [0.15, 0.2) is 0 Å². The van der Waals surface area contributed by atoms with Gasteiger partial charge < -0.3 is 9.67 Å². The van der Waals surface area contributed by atoms with Crippen LogP contribution in [0.5, 0.6) is 0 Å². The Morgan fingerprint density at radius 1 is 1.37 bits per heavy atom. The summed E-state index contributed by atoms with van der Waals surface area (Å²) in [6, 6.07) is 6.57. The molecule has 0 saturated heterocycles. The largest absolute Gasteiger partial charge is 0.388 e. The molecule has 1 N–H and O–H groups in total. The predicted molar refractivity (Wildman–Crippen MR) is 75.1 cm³/mol. The Morgan fingerprint density at radius 3 is 2.84 bits per heavy atom. The average Bonchev–Trinajstić information content (AvgIpc) is 2.77. The van der Waals surface area contributed by atoms with Gasteiger partial charge >= 0.3 is 0 Å². The molecule has 3 heteroatoms. The molecule has 2 atom stereocenters. The highest BCUT2D eigenvalue weighted by Crippen LogP contribution is 2.35. The fourth-order valence-electron chi connectivity index (χ4n) is 3.23. The standard InChI is InChI=1S/C16H20N2O/c1-11-10-14-15(4-3-5-16(14)19)18(11)12(2)13-6-8-17-9-7-13/h6-10,12,16,19H,3-5H2,1-2H3. The minimum absolute atomic E-state index is 0.284. The van der Waals surface area contributed by atoms with E-state index in [4.69, 9.17) is 0 Å². The lowest BCUT2D eigenvalue weighted by molar-refractivity contribution is 0.155. The van der Waals surface area contributed by atoms with Gasteiger partial charge in [-0.2, -0.15) is 0 Å². The first-order chi connectivity index (χ1) is 9.18. The second kappa shape index (κ2) is 4.82. The summed E-state index contributed by atoms with van der Waals surface area (Å²) in [6.45, 7) is 4.34. The molecular formula is C16H20N2O. The number of aliphatic hydroxyl groups is 1. The van der Waals surface area contributed by atoms with Gasteiger partial charge in [0.1, 0.15) is 0 Å². The van der Waals surface area contributed by atoms with E-state index in [0.29, 0.717) is 0 Å². The number of nitrogens with zero attached hydrogens (tertiary/aromatic N) is 2. The molecule has 0 spiro atoms. The van der Waals surface area contributed by atoms with Crippen LogP contribution in [0.4, 0.5) is 0 Å². The van der Waals surface area contributed by atoms with Crippen LogP contribution in [0.15, 0.2) is 30.6 Å². The summed E-state index contributed by atoms with van der Waals surface area (Å²) in [5, 5.41) is 10.1. The molecule has 19 heavy (non-hydrogen) atoms. The van der Waals surface area contributed by atoms with Gasteiger partial charge in [0.2, 0.25) is 0 Å². The van der Waals surface area contributed by atoms with Crippen molar-refractivity contribution in [3.05, 3.63) is 53.1 Å². The van der Waals surface area contributed by atoms with E-state index in [1.807, 2.05) is 12.4 Å². The number of aryl methyl sites for hydroxylation is 1. The number of rotatable bonds is 2. The molecule has 0 radical (unpaired) electrons. The molecule has 3 nitrogen and oxygen atoms in total. The lowest BCUT2D eigenvalue weighted by Gasteiger charge is -2.24. The molecule has 100 valence electrons. The van der Waals surface area contributed by atoms with Gasteiger partial charge in [-0.1, -0.05) is 0 Å². The number of fused-ring (bicyclic) bond motifs is 1. The van der Waals surface area contributed by atoms with Crippen LogP contribution in [-0.2, 0) is 6.42 Å². The van der Waals surface area contributed by atoms with Crippen LogP contribution in [0.3, 0.4) is 0 Å². The lowest BCUT2D eigenvalue weighted by atomic mass is 9.95. The molecule has 1 aliphatic rings. The van der Waals surface area contributed by atoms with Crippen molar-refractivity contribution in [3.8, 4) is 0 Å². The molecule has 1 aliphatic carbocycles. The molecule has 0 aromatic carbocycles. The van der Waals surface area contributed by atoms with Gasteiger partial charge in [-0.3, -0.25) is 4.98 Å². The van der Waals surface area contributed by atoms with Gasteiger partial charge in [0.25, 0.3) is 0 Å². The van der Waals surface area contributed by atoms with Gasteiger partial charge in [0.05, 0.1) is 12.1 Å². The van der Waals surface area contributed by atoms with Crippen molar-refractivity contribution >= 4 is 0 Å². The van der Waals surface area contributed by atoms with Crippen LogP contribution in [0.2, 0.25) is 0 Å². The third kappa shape index (κ3) is 2.08. The van der Waals surface area contributed by atoms with Crippen molar-refractivity contribution in [1.82, 2.24) is 9.55 Å². The van der Waals surface area contributed by atoms with Gasteiger partial charge in [0, 0.05) is 29.3 Å². The number of hydrogen-bond acceptors (Lipinski definition) is 2. The molecule has 0 aliphatic heterocycles. The first kappa shape index (κ1) is 12.4. The second-order valence-electron chi connectivity index (χ2n) is 5.42. The van der Waals surface area contributed by atoms with Crippen LogP contribution < -0.4 is 0 Å². The average molecular weight is 256 g/mol. The van der Waals surface area contributed by atoms with Crippen LogP contribution in [0.1, 0.15) is 54.4 Å². The normalized spacial score (nSPS) is 20.1. The molecule has 0 bridgehead atoms. The first-order valence-electron chi connectivity index (χ1n) is 6.97. The summed E-state index contributed by atoms with van der Waals surface area (Å²) < 4.78 is 2.37. The van der Waals surface area contributed by atoms with Crippen molar-refractivity contribution in [2.75, 3.05) is 0 Å². The van der Waals surface area contributed by atoms with Gasteiger partial charge in [-0.05, 0) is 56.9 Å². The number of pyridine rings is 1. The van der Waals surface area contributed by atoms with Crippen LogP contribution in [-0.4, -0.2) is 14.7 Å². The van der Waals surface area contributed by atoms with Crippen LogP contribution in [0, 0.1) is 6.92 Å². The summed E-state index contributed by atoms with van der Waals surface area (Å²) in [7, 11) is 0.